The molecular weight excluding hydrogens is 302 g/mol. The molecule has 0 aliphatic heterocycles. The van der Waals surface area contributed by atoms with Crippen LogP contribution in [0.1, 0.15) is 52.0 Å². The van der Waals surface area contributed by atoms with E-state index in [1.807, 2.05) is 0 Å². The molecule has 2 nitrogen and oxygen atoms in total. The summed E-state index contributed by atoms with van der Waals surface area (Å²) in [6, 6.07) is 6.28. The summed E-state index contributed by atoms with van der Waals surface area (Å²) >= 11 is 3.62. The first kappa shape index (κ1) is 14.9. The van der Waals surface area contributed by atoms with Gasteiger partial charge in [-0.05, 0) is 68.5 Å². The monoisotopic (exact) mass is 325 g/mol. The van der Waals surface area contributed by atoms with Crippen molar-refractivity contribution < 1.29 is 4.74 Å². The van der Waals surface area contributed by atoms with Crippen molar-refractivity contribution >= 4 is 15.9 Å². The van der Waals surface area contributed by atoms with Crippen LogP contribution in [0.5, 0.6) is 5.75 Å². The molecular formula is C16H24BrNO. The lowest BCUT2D eigenvalue weighted by Crippen LogP contribution is -2.35. The number of rotatable bonds is 4. The molecule has 1 aliphatic carbocycles. The summed E-state index contributed by atoms with van der Waals surface area (Å²) in [5.41, 5.74) is 1.35. The summed E-state index contributed by atoms with van der Waals surface area (Å²) in [7, 11) is 0. The van der Waals surface area contributed by atoms with Gasteiger partial charge in [-0.3, -0.25) is 0 Å². The predicted octanol–water partition coefficient (Wildman–Crippen LogP) is 4.66. The van der Waals surface area contributed by atoms with E-state index < -0.39 is 0 Å². The summed E-state index contributed by atoms with van der Waals surface area (Å²) in [5, 5.41) is 3.53. The number of halogens is 1. The van der Waals surface area contributed by atoms with Crippen molar-refractivity contribution in [1.29, 1.82) is 0 Å². The Balaban J connectivity index is 2.10. The van der Waals surface area contributed by atoms with Gasteiger partial charge >= 0.3 is 0 Å². The van der Waals surface area contributed by atoms with Crippen LogP contribution in [0.15, 0.2) is 22.7 Å². The Kier molecular flexibility index (Phi) is 4.91. The maximum absolute atomic E-state index is 6.22. The van der Waals surface area contributed by atoms with Gasteiger partial charge in [0, 0.05) is 17.6 Å². The lowest BCUT2D eigenvalue weighted by atomic mass is 10.1. The number of para-hydroxylation sites is 1. The Hall–Kier alpha value is -0.540. The molecule has 0 radical (unpaired) electrons. The molecule has 0 atom stereocenters. The molecule has 1 N–H and O–H groups in total. The minimum Gasteiger partial charge on any atom is -0.489 e. The van der Waals surface area contributed by atoms with Crippen molar-refractivity contribution in [3.8, 4) is 5.75 Å². The number of hydrogen-bond donors (Lipinski definition) is 1. The first-order valence-corrected chi connectivity index (χ1v) is 7.94. The minimum atomic E-state index is 0.118. The first-order valence-electron chi connectivity index (χ1n) is 7.15. The van der Waals surface area contributed by atoms with Crippen molar-refractivity contribution in [1.82, 2.24) is 5.32 Å². The summed E-state index contributed by atoms with van der Waals surface area (Å²) < 4.78 is 7.28. The fraction of sp³-hybridized carbons (Fsp3) is 0.625. The van der Waals surface area contributed by atoms with Crippen LogP contribution in [0.2, 0.25) is 0 Å². The van der Waals surface area contributed by atoms with Gasteiger partial charge in [0.05, 0.1) is 10.6 Å². The largest absolute Gasteiger partial charge is 0.489 e. The summed E-state index contributed by atoms with van der Waals surface area (Å²) in [6.07, 6.45) is 5.36. The topological polar surface area (TPSA) is 21.3 Å². The molecule has 1 aliphatic rings. The van der Waals surface area contributed by atoms with Crippen LogP contribution < -0.4 is 10.1 Å². The highest BCUT2D eigenvalue weighted by Gasteiger charge is 2.20. The maximum atomic E-state index is 6.22. The van der Waals surface area contributed by atoms with Gasteiger partial charge in [-0.15, -0.1) is 0 Å². The number of ether oxygens (including phenoxy) is 1. The fourth-order valence-corrected chi connectivity index (χ4v) is 2.86. The molecule has 19 heavy (non-hydrogen) atoms. The highest BCUT2D eigenvalue weighted by molar-refractivity contribution is 9.10. The Labute approximate surface area is 125 Å². The molecule has 0 saturated heterocycles. The van der Waals surface area contributed by atoms with Crippen molar-refractivity contribution in [2.75, 3.05) is 0 Å². The van der Waals surface area contributed by atoms with Gasteiger partial charge < -0.3 is 10.1 Å². The van der Waals surface area contributed by atoms with E-state index in [4.69, 9.17) is 4.74 Å². The zero-order chi connectivity index (χ0) is 13.9. The minimum absolute atomic E-state index is 0.118. The smallest absolute Gasteiger partial charge is 0.138 e. The second kappa shape index (κ2) is 6.27. The van der Waals surface area contributed by atoms with Crippen molar-refractivity contribution in [3.05, 3.63) is 28.2 Å². The van der Waals surface area contributed by atoms with Crippen LogP contribution >= 0.6 is 15.9 Å². The quantitative estimate of drug-likeness (QED) is 0.869. The highest BCUT2D eigenvalue weighted by atomic mass is 79.9. The highest BCUT2D eigenvalue weighted by Crippen LogP contribution is 2.33. The van der Waals surface area contributed by atoms with Crippen molar-refractivity contribution in [2.45, 2.75) is 64.6 Å². The van der Waals surface area contributed by atoms with E-state index in [2.05, 4.69) is 60.2 Å². The Morgan fingerprint density at radius 3 is 2.58 bits per heavy atom. The molecule has 0 amide bonds. The summed E-state index contributed by atoms with van der Waals surface area (Å²) in [4.78, 5) is 0. The molecule has 0 heterocycles. The third-order valence-electron chi connectivity index (χ3n) is 3.44. The molecule has 0 unspecified atom stereocenters. The van der Waals surface area contributed by atoms with Gasteiger partial charge in [0.2, 0.25) is 0 Å². The molecule has 1 aromatic rings. The van der Waals surface area contributed by atoms with E-state index in [9.17, 15) is 0 Å². The van der Waals surface area contributed by atoms with Crippen LogP contribution in [0.4, 0.5) is 0 Å². The third-order valence-corrected chi connectivity index (χ3v) is 4.07. The maximum Gasteiger partial charge on any atom is 0.138 e. The standard InChI is InChI=1S/C16H24BrNO/c1-16(2,3)18-11-12-7-6-10-14(17)15(12)19-13-8-4-5-9-13/h6-7,10,13,18H,4-5,8-9,11H2,1-3H3. The van der Waals surface area contributed by atoms with E-state index in [1.165, 1.54) is 31.2 Å². The second-order valence-electron chi connectivity index (χ2n) is 6.36. The van der Waals surface area contributed by atoms with Crippen molar-refractivity contribution in [3.63, 3.8) is 0 Å². The zero-order valence-corrected chi connectivity index (χ0v) is 13.7. The van der Waals surface area contributed by atoms with Gasteiger partial charge in [-0.2, -0.15) is 0 Å². The Morgan fingerprint density at radius 1 is 1.26 bits per heavy atom. The SMILES string of the molecule is CC(C)(C)NCc1cccc(Br)c1OC1CCCC1. The fourth-order valence-electron chi connectivity index (χ4n) is 2.36. The predicted molar refractivity (Wildman–Crippen MR) is 83.6 cm³/mol. The number of nitrogens with one attached hydrogen (secondary N) is 1. The molecule has 1 saturated carbocycles. The molecule has 0 spiro atoms. The zero-order valence-electron chi connectivity index (χ0n) is 12.1. The first-order chi connectivity index (χ1) is 8.96. The summed E-state index contributed by atoms with van der Waals surface area (Å²) in [5.74, 6) is 1.02. The van der Waals surface area contributed by atoms with Gasteiger partial charge in [0.15, 0.2) is 0 Å². The van der Waals surface area contributed by atoms with E-state index in [1.54, 1.807) is 0 Å². The molecule has 1 fully saturated rings. The normalized spacial score (nSPS) is 16.8. The van der Waals surface area contributed by atoms with Gasteiger partial charge in [0.1, 0.15) is 5.75 Å². The van der Waals surface area contributed by atoms with E-state index in [0.29, 0.717) is 6.10 Å². The third kappa shape index (κ3) is 4.50. The van der Waals surface area contributed by atoms with Crippen LogP contribution in [0.3, 0.4) is 0 Å². The van der Waals surface area contributed by atoms with Crippen LogP contribution in [0.25, 0.3) is 0 Å². The Bertz CT molecular complexity index is 419. The lowest BCUT2D eigenvalue weighted by Gasteiger charge is -2.23. The van der Waals surface area contributed by atoms with Crippen LogP contribution in [-0.2, 0) is 6.54 Å². The van der Waals surface area contributed by atoms with Crippen LogP contribution in [-0.4, -0.2) is 11.6 Å². The molecule has 1 aromatic carbocycles. The van der Waals surface area contributed by atoms with E-state index >= 15 is 0 Å². The van der Waals surface area contributed by atoms with Gasteiger partial charge in [-0.25, -0.2) is 0 Å². The van der Waals surface area contributed by atoms with Gasteiger partial charge in [0.25, 0.3) is 0 Å². The molecule has 0 bridgehead atoms. The molecule has 3 heteroatoms. The molecule has 0 aromatic heterocycles. The van der Waals surface area contributed by atoms with Crippen molar-refractivity contribution in [2.24, 2.45) is 0 Å². The van der Waals surface area contributed by atoms with Crippen LogP contribution in [0, 0.1) is 0 Å². The average molecular weight is 326 g/mol. The summed E-state index contributed by atoms with van der Waals surface area (Å²) in [6.45, 7) is 7.39. The van der Waals surface area contributed by atoms with E-state index in [-0.39, 0.29) is 5.54 Å². The average Bonchev–Trinajstić information content (AvgIpc) is 2.82. The number of hydrogen-bond acceptors (Lipinski definition) is 2. The lowest BCUT2D eigenvalue weighted by molar-refractivity contribution is 0.205. The molecule has 2 rings (SSSR count). The molecule has 106 valence electrons. The second-order valence-corrected chi connectivity index (χ2v) is 7.21. The Morgan fingerprint density at radius 2 is 1.95 bits per heavy atom. The van der Waals surface area contributed by atoms with E-state index in [0.717, 1.165) is 16.8 Å². The number of benzene rings is 1. The van der Waals surface area contributed by atoms with Gasteiger partial charge in [-0.1, -0.05) is 12.1 Å².